The highest BCUT2D eigenvalue weighted by Crippen LogP contribution is 2.36. The van der Waals surface area contributed by atoms with Crippen LogP contribution in [0.5, 0.6) is 0 Å². The zero-order chi connectivity index (χ0) is 16.2. The molecule has 122 valence electrons. The van der Waals surface area contributed by atoms with Crippen LogP contribution >= 0.6 is 11.6 Å². The fraction of sp³-hybridized carbons (Fsp3) is 0.562. The molecule has 0 spiro atoms. The molecule has 1 aliphatic rings. The van der Waals surface area contributed by atoms with Gasteiger partial charge in [-0.25, -0.2) is 4.21 Å². The van der Waals surface area contributed by atoms with Crippen LogP contribution in [0.25, 0.3) is 0 Å². The van der Waals surface area contributed by atoms with E-state index in [4.69, 9.17) is 21.1 Å². The van der Waals surface area contributed by atoms with Gasteiger partial charge in [-0.1, -0.05) is 23.7 Å². The van der Waals surface area contributed by atoms with E-state index in [1.807, 2.05) is 45.0 Å². The summed E-state index contributed by atoms with van der Waals surface area (Å²) in [7, 11) is -1.24. The maximum absolute atomic E-state index is 11.9. The van der Waals surface area contributed by atoms with E-state index in [0.29, 0.717) is 31.1 Å². The van der Waals surface area contributed by atoms with Gasteiger partial charge in [-0.2, -0.15) is 4.40 Å². The molecule has 0 amide bonds. The molecule has 0 aliphatic carbocycles. The van der Waals surface area contributed by atoms with Gasteiger partial charge in [0.05, 0.1) is 18.0 Å². The van der Waals surface area contributed by atoms with Crippen molar-refractivity contribution in [1.82, 2.24) is 0 Å². The quantitative estimate of drug-likeness (QED) is 0.763. The molecular weight excluding hydrogens is 322 g/mol. The fourth-order valence-corrected chi connectivity index (χ4v) is 2.92. The van der Waals surface area contributed by atoms with Crippen molar-refractivity contribution in [2.75, 3.05) is 13.2 Å². The summed E-state index contributed by atoms with van der Waals surface area (Å²) in [5.41, 5.74) is 0.905. The van der Waals surface area contributed by atoms with E-state index in [9.17, 15) is 4.21 Å². The molecule has 1 atom stereocenters. The highest BCUT2D eigenvalue weighted by Gasteiger charge is 2.38. The van der Waals surface area contributed by atoms with Crippen LogP contribution in [-0.4, -0.2) is 28.4 Å². The van der Waals surface area contributed by atoms with Crippen LogP contribution < -0.4 is 0 Å². The zero-order valence-corrected chi connectivity index (χ0v) is 14.7. The lowest BCUT2D eigenvalue weighted by atomic mass is 10.0. The average molecular weight is 344 g/mol. The SMILES string of the molecule is CC(C)(C)S(=O)N=CCCC1(c2cccc(Cl)c2)OCCO1. The van der Waals surface area contributed by atoms with Crippen LogP contribution in [0.2, 0.25) is 5.02 Å². The first-order chi connectivity index (χ1) is 10.3. The van der Waals surface area contributed by atoms with Gasteiger partial charge in [-0.3, -0.25) is 0 Å². The van der Waals surface area contributed by atoms with Crippen molar-refractivity contribution < 1.29 is 13.7 Å². The van der Waals surface area contributed by atoms with Gasteiger partial charge in [0, 0.05) is 23.2 Å². The third kappa shape index (κ3) is 4.38. The van der Waals surface area contributed by atoms with Gasteiger partial charge in [0.2, 0.25) is 0 Å². The van der Waals surface area contributed by atoms with Crippen LogP contribution in [0.15, 0.2) is 28.7 Å². The molecule has 6 heteroatoms. The van der Waals surface area contributed by atoms with Crippen LogP contribution in [-0.2, 0) is 26.2 Å². The van der Waals surface area contributed by atoms with Crippen molar-refractivity contribution in [1.29, 1.82) is 0 Å². The van der Waals surface area contributed by atoms with Gasteiger partial charge >= 0.3 is 0 Å². The van der Waals surface area contributed by atoms with E-state index in [0.717, 1.165) is 5.56 Å². The molecule has 1 aliphatic heterocycles. The van der Waals surface area contributed by atoms with Gasteiger partial charge in [0.15, 0.2) is 5.79 Å². The van der Waals surface area contributed by atoms with Gasteiger partial charge in [-0.15, -0.1) is 0 Å². The van der Waals surface area contributed by atoms with Crippen molar-refractivity contribution in [2.24, 2.45) is 4.40 Å². The number of rotatable bonds is 5. The first kappa shape index (κ1) is 17.6. The van der Waals surface area contributed by atoms with Crippen molar-refractivity contribution in [2.45, 2.75) is 44.1 Å². The smallest absolute Gasteiger partial charge is 0.195 e. The molecule has 0 bridgehead atoms. The van der Waals surface area contributed by atoms with E-state index in [-0.39, 0.29) is 4.75 Å². The molecule has 4 nitrogen and oxygen atoms in total. The second-order valence-corrected chi connectivity index (χ2v) is 8.52. The Morgan fingerprint density at radius 2 is 2.05 bits per heavy atom. The van der Waals surface area contributed by atoms with Gasteiger partial charge in [-0.05, 0) is 39.3 Å². The molecule has 1 aromatic carbocycles. The first-order valence-electron chi connectivity index (χ1n) is 7.32. The molecule has 0 radical (unpaired) electrons. The Bertz CT molecular complexity index is 563. The summed E-state index contributed by atoms with van der Waals surface area (Å²) in [5, 5.41) is 0.651. The minimum Gasteiger partial charge on any atom is -0.343 e. The molecule has 1 fully saturated rings. The molecule has 1 heterocycles. The normalized spacial score (nSPS) is 19.6. The van der Waals surface area contributed by atoms with Crippen molar-refractivity contribution in [3.8, 4) is 0 Å². The topological polar surface area (TPSA) is 47.9 Å². The predicted octanol–water partition coefficient (Wildman–Crippen LogP) is 3.85. The number of hydrogen-bond acceptors (Lipinski definition) is 3. The molecule has 2 rings (SSSR count). The second kappa shape index (κ2) is 7.21. The van der Waals surface area contributed by atoms with Crippen LogP contribution in [0.3, 0.4) is 0 Å². The molecule has 22 heavy (non-hydrogen) atoms. The summed E-state index contributed by atoms with van der Waals surface area (Å²) < 4.78 is 27.3. The van der Waals surface area contributed by atoms with E-state index < -0.39 is 16.8 Å². The third-order valence-corrected chi connectivity index (χ3v) is 4.94. The maximum Gasteiger partial charge on any atom is 0.195 e. The standard InChI is InChI=1S/C16H22ClNO3S/c1-15(2,3)22(19)18-9-5-8-16(20-10-11-21-16)13-6-4-7-14(17)12-13/h4,6-7,9,12H,5,8,10-11H2,1-3H3. The summed E-state index contributed by atoms with van der Waals surface area (Å²) in [6.45, 7) is 6.81. The second-order valence-electron chi connectivity index (χ2n) is 6.15. The van der Waals surface area contributed by atoms with E-state index in [1.54, 1.807) is 6.21 Å². The maximum atomic E-state index is 11.9. The van der Waals surface area contributed by atoms with Crippen LogP contribution in [0.1, 0.15) is 39.2 Å². The van der Waals surface area contributed by atoms with Gasteiger partial charge in [0.1, 0.15) is 11.0 Å². The van der Waals surface area contributed by atoms with Crippen molar-refractivity contribution in [3.63, 3.8) is 0 Å². The molecule has 0 saturated carbocycles. The molecule has 0 aromatic heterocycles. The lowest BCUT2D eigenvalue weighted by Gasteiger charge is -2.27. The Morgan fingerprint density at radius 3 is 2.64 bits per heavy atom. The van der Waals surface area contributed by atoms with Crippen LogP contribution in [0.4, 0.5) is 0 Å². The zero-order valence-electron chi connectivity index (χ0n) is 13.2. The minimum absolute atomic E-state index is 0.346. The lowest BCUT2D eigenvalue weighted by molar-refractivity contribution is -0.169. The number of halogens is 1. The van der Waals surface area contributed by atoms with E-state index >= 15 is 0 Å². The lowest BCUT2D eigenvalue weighted by Crippen LogP contribution is -2.27. The Kier molecular flexibility index (Phi) is 5.77. The highest BCUT2D eigenvalue weighted by atomic mass is 35.5. The Labute approximate surface area is 139 Å². The van der Waals surface area contributed by atoms with E-state index in [2.05, 4.69) is 4.40 Å². The minimum atomic E-state index is -1.24. The van der Waals surface area contributed by atoms with E-state index in [1.165, 1.54) is 0 Å². The number of nitrogens with zero attached hydrogens (tertiary/aromatic N) is 1. The van der Waals surface area contributed by atoms with Gasteiger partial charge < -0.3 is 9.47 Å². The first-order valence-corrected chi connectivity index (χ1v) is 8.80. The summed E-state index contributed by atoms with van der Waals surface area (Å²) in [4.78, 5) is 0. The van der Waals surface area contributed by atoms with Crippen LogP contribution in [0, 0.1) is 0 Å². The predicted molar refractivity (Wildman–Crippen MR) is 90.7 cm³/mol. The molecule has 0 N–H and O–H groups in total. The number of hydrogen-bond donors (Lipinski definition) is 0. The number of ether oxygens (including phenoxy) is 2. The average Bonchev–Trinajstić information content (AvgIpc) is 2.92. The molecule has 1 aromatic rings. The Morgan fingerprint density at radius 1 is 1.36 bits per heavy atom. The Hall–Kier alpha value is -0.750. The van der Waals surface area contributed by atoms with Gasteiger partial charge in [0.25, 0.3) is 0 Å². The molecule has 1 unspecified atom stereocenters. The summed E-state index contributed by atoms with van der Waals surface area (Å²) in [6, 6.07) is 7.51. The molecular formula is C16H22ClNO3S. The summed E-state index contributed by atoms with van der Waals surface area (Å²) >= 11 is 6.06. The Balaban J connectivity index is 2.04. The summed E-state index contributed by atoms with van der Waals surface area (Å²) in [6.07, 6.45) is 2.92. The largest absolute Gasteiger partial charge is 0.343 e. The van der Waals surface area contributed by atoms with Crippen molar-refractivity contribution >= 4 is 28.8 Å². The van der Waals surface area contributed by atoms with Crippen molar-refractivity contribution in [3.05, 3.63) is 34.9 Å². The summed E-state index contributed by atoms with van der Waals surface area (Å²) in [5.74, 6) is -0.778. The number of benzene rings is 1. The highest BCUT2D eigenvalue weighted by molar-refractivity contribution is 7.85. The monoisotopic (exact) mass is 343 g/mol. The third-order valence-electron chi connectivity index (χ3n) is 3.31. The molecule has 1 saturated heterocycles. The fourth-order valence-electron chi connectivity index (χ4n) is 2.17.